The second kappa shape index (κ2) is 15.9. The molecule has 12 heteroatoms. The lowest BCUT2D eigenvalue weighted by Gasteiger charge is -2.33. The van der Waals surface area contributed by atoms with Crippen molar-refractivity contribution in [3.8, 4) is 23.0 Å². The quantitative estimate of drug-likeness (QED) is 0.252. The molecule has 1 aliphatic carbocycles. The second-order valence-corrected chi connectivity index (χ2v) is 13.5. The molecular weight excluding hydrogens is 622 g/mol. The van der Waals surface area contributed by atoms with Crippen molar-refractivity contribution in [1.82, 2.24) is 10.2 Å². The standard InChI is InChI=1S/C35H45N3O8S/c1-24-12-14-26(15-13-24)22-37(25(2)35(40)36-27-10-8-7-9-11-27)34(39)23-38(30-20-28(43-3)16-18-31(30)44-4)47(41,42)29-17-19-32(45-5)33(21-29)46-6/h12-21,25,27H,7-11,22-23H2,1-6H3,(H,36,40)/t25-/m1/s1. The summed E-state index contributed by atoms with van der Waals surface area (Å²) in [5.74, 6) is 0.242. The van der Waals surface area contributed by atoms with Gasteiger partial charge in [0.05, 0.1) is 39.0 Å². The number of hydrogen-bond donors (Lipinski definition) is 1. The van der Waals surface area contributed by atoms with Crippen molar-refractivity contribution in [2.75, 3.05) is 39.3 Å². The predicted octanol–water partition coefficient (Wildman–Crippen LogP) is 5.09. The maximum atomic E-state index is 14.5. The molecule has 11 nitrogen and oxygen atoms in total. The van der Waals surface area contributed by atoms with Gasteiger partial charge in [-0.25, -0.2) is 8.42 Å². The summed E-state index contributed by atoms with van der Waals surface area (Å²) in [4.78, 5) is 29.3. The maximum absolute atomic E-state index is 14.5. The molecule has 0 bridgehead atoms. The third kappa shape index (κ3) is 8.48. The molecule has 0 radical (unpaired) electrons. The Morgan fingerprint density at radius 2 is 1.47 bits per heavy atom. The number of nitrogens with zero attached hydrogens (tertiary/aromatic N) is 2. The molecule has 1 atom stereocenters. The zero-order chi connectivity index (χ0) is 34.1. The highest BCUT2D eigenvalue weighted by atomic mass is 32.2. The van der Waals surface area contributed by atoms with Gasteiger partial charge in [0.15, 0.2) is 11.5 Å². The van der Waals surface area contributed by atoms with Crippen molar-refractivity contribution in [3.05, 3.63) is 71.8 Å². The molecule has 3 aromatic rings. The highest BCUT2D eigenvalue weighted by molar-refractivity contribution is 7.92. The fourth-order valence-corrected chi connectivity index (χ4v) is 7.08. The van der Waals surface area contributed by atoms with Crippen LogP contribution in [0.3, 0.4) is 0 Å². The molecule has 0 heterocycles. The summed E-state index contributed by atoms with van der Waals surface area (Å²) in [7, 11) is 1.30. The summed E-state index contributed by atoms with van der Waals surface area (Å²) in [6, 6.07) is 15.7. The third-order valence-corrected chi connectivity index (χ3v) is 10.2. The first-order valence-electron chi connectivity index (χ1n) is 15.6. The van der Waals surface area contributed by atoms with Crippen LogP contribution < -0.4 is 28.6 Å². The van der Waals surface area contributed by atoms with Gasteiger partial charge in [0.25, 0.3) is 10.0 Å². The summed E-state index contributed by atoms with van der Waals surface area (Å²) < 4.78 is 51.6. The molecule has 1 aliphatic rings. The highest BCUT2D eigenvalue weighted by Crippen LogP contribution is 2.38. The molecule has 0 saturated heterocycles. The van der Waals surface area contributed by atoms with Crippen molar-refractivity contribution in [1.29, 1.82) is 0 Å². The number of benzene rings is 3. The van der Waals surface area contributed by atoms with E-state index in [1.54, 1.807) is 19.1 Å². The van der Waals surface area contributed by atoms with Crippen LogP contribution in [0, 0.1) is 6.92 Å². The number of carbonyl (C=O) groups excluding carboxylic acids is 2. The Morgan fingerprint density at radius 3 is 2.09 bits per heavy atom. The molecule has 1 fully saturated rings. The van der Waals surface area contributed by atoms with Crippen molar-refractivity contribution in [2.45, 2.75) is 69.5 Å². The fraction of sp³-hybridized carbons (Fsp3) is 0.429. The van der Waals surface area contributed by atoms with Gasteiger partial charge in [-0.1, -0.05) is 49.1 Å². The van der Waals surface area contributed by atoms with E-state index < -0.39 is 28.5 Å². The van der Waals surface area contributed by atoms with Gasteiger partial charge in [0.2, 0.25) is 11.8 Å². The number of carbonyl (C=O) groups is 2. The van der Waals surface area contributed by atoms with E-state index in [0.29, 0.717) is 11.5 Å². The highest BCUT2D eigenvalue weighted by Gasteiger charge is 2.35. The molecule has 1 N–H and O–H groups in total. The molecule has 254 valence electrons. The molecule has 0 aliphatic heterocycles. The van der Waals surface area contributed by atoms with E-state index in [1.165, 1.54) is 57.6 Å². The van der Waals surface area contributed by atoms with Crippen LogP contribution in [0.25, 0.3) is 0 Å². The van der Waals surface area contributed by atoms with E-state index in [0.717, 1.165) is 47.5 Å². The van der Waals surface area contributed by atoms with Gasteiger partial charge in [-0.15, -0.1) is 0 Å². The molecule has 0 aromatic heterocycles. The molecule has 0 spiro atoms. The van der Waals surface area contributed by atoms with Crippen molar-refractivity contribution >= 4 is 27.5 Å². The van der Waals surface area contributed by atoms with Gasteiger partial charge in [0.1, 0.15) is 24.1 Å². The largest absolute Gasteiger partial charge is 0.497 e. The van der Waals surface area contributed by atoms with Crippen LogP contribution in [0.5, 0.6) is 23.0 Å². The fourth-order valence-electron chi connectivity index (χ4n) is 5.65. The zero-order valence-corrected chi connectivity index (χ0v) is 28.8. The van der Waals surface area contributed by atoms with Crippen LogP contribution in [-0.2, 0) is 26.2 Å². The van der Waals surface area contributed by atoms with E-state index in [9.17, 15) is 18.0 Å². The zero-order valence-electron chi connectivity index (χ0n) is 27.9. The SMILES string of the molecule is COc1ccc(OC)c(N(CC(=O)N(Cc2ccc(C)cc2)[C@H](C)C(=O)NC2CCCCC2)S(=O)(=O)c2ccc(OC)c(OC)c2)c1. The smallest absolute Gasteiger partial charge is 0.265 e. The van der Waals surface area contributed by atoms with Crippen molar-refractivity contribution in [3.63, 3.8) is 0 Å². The number of amides is 2. The summed E-state index contributed by atoms with van der Waals surface area (Å²) >= 11 is 0. The Balaban J connectivity index is 1.78. The van der Waals surface area contributed by atoms with Gasteiger partial charge in [0, 0.05) is 24.7 Å². The average molecular weight is 668 g/mol. The van der Waals surface area contributed by atoms with Gasteiger partial charge in [-0.05, 0) is 56.5 Å². The van der Waals surface area contributed by atoms with Gasteiger partial charge in [-0.2, -0.15) is 0 Å². The Hall–Kier alpha value is -4.45. The molecule has 1 saturated carbocycles. The van der Waals surface area contributed by atoms with E-state index in [4.69, 9.17) is 18.9 Å². The van der Waals surface area contributed by atoms with E-state index in [1.807, 2.05) is 31.2 Å². The molecule has 0 unspecified atom stereocenters. The molecule has 3 aromatic carbocycles. The minimum absolute atomic E-state index is 0.0398. The topological polar surface area (TPSA) is 124 Å². The Bertz CT molecular complexity index is 1640. The van der Waals surface area contributed by atoms with Crippen LogP contribution in [0.15, 0.2) is 65.6 Å². The molecule has 4 rings (SSSR count). The lowest BCUT2D eigenvalue weighted by molar-refractivity contribution is -0.139. The Morgan fingerprint density at radius 1 is 0.830 bits per heavy atom. The van der Waals surface area contributed by atoms with E-state index >= 15 is 0 Å². The summed E-state index contributed by atoms with van der Waals surface area (Å²) in [5.41, 5.74) is 1.94. The number of aryl methyl sites for hydroxylation is 1. The second-order valence-electron chi connectivity index (χ2n) is 11.6. The van der Waals surface area contributed by atoms with Crippen LogP contribution in [0.1, 0.15) is 50.2 Å². The lowest BCUT2D eigenvalue weighted by Crippen LogP contribution is -2.53. The molecule has 2 amide bonds. The third-order valence-electron chi connectivity index (χ3n) is 8.47. The minimum atomic E-state index is -4.43. The van der Waals surface area contributed by atoms with E-state index in [2.05, 4.69) is 5.32 Å². The summed E-state index contributed by atoms with van der Waals surface area (Å²) in [5, 5.41) is 3.12. The minimum Gasteiger partial charge on any atom is -0.497 e. The first kappa shape index (κ1) is 35.4. The van der Waals surface area contributed by atoms with E-state index in [-0.39, 0.29) is 40.6 Å². The first-order valence-corrected chi connectivity index (χ1v) is 17.1. The number of methoxy groups -OCH3 is 4. The van der Waals surface area contributed by atoms with Crippen LogP contribution in [0.4, 0.5) is 5.69 Å². The molecular formula is C35H45N3O8S. The van der Waals surface area contributed by atoms with Crippen LogP contribution in [0.2, 0.25) is 0 Å². The Labute approximate surface area is 277 Å². The lowest BCUT2D eigenvalue weighted by atomic mass is 9.95. The normalized spacial score (nSPS) is 14.1. The maximum Gasteiger partial charge on any atom is 0.265 e. The number of anilines is 1. The number of sulfonamides is 1. The summed E-state index contributed by atoms with van der Waals surface area (Å²) in [6.45, 7) is 3.10. The number of hydrogen-bond acceptors (Lipinski definition) is 8. The summed E-state index contributed by atoms with van der Waals surface area (Å²) in [6.07, 6.45) is 4.99. The average Bonchev–Trinajstić information content (AvgIpc) is 3.09. The van der Waals surface area contributed by atoms with Crippen LogP contribution >= 0.6 is 0 Å². The monoisotopic (exact) mass is 667 g/mol. The number of rotatable bonds is 14. The molecule has 47 heavy (non-hydrogen) atoms. The van der Waals surface area contributed by atoms with Gasteiger partial charge in [-0.3, -0.25) is 13.9 Å². The van der Waals surface area contributed by atoms with Crippen molar-refractivity contribution in [2.24, 2.45) is 0 Å². The number of ether oxygens (including phenoxy) is 4. The first-order chi connectivity index (χ1) is 22.5. The van der Waals surface area contributed by atoms with Gasteiger partial charge < -0.3 is 29.2 Å². The van der Waals surface area contributed by atoms with Crippen molar-refractivity contribution < 1.29 is 37.0 Å². The van der Waals surface area contributed by atoms with Crippen LogP contribution in [-0.4, -0.2) is 72.2 Å². The Kier molecular flexibility index (Phi) is 12.0. The van der Waals surface area contributed by atoms with Gasteiger partial charge >= 0.3 is 0 Å². The predicted molar refractivity (Wildman–Crippen MR) is 180 cm³/mol. The number of nitrogens with one attached hydrogen (secondary N) is 1.